The molecule has 2 heterocycles. The normalized spacial score (nSPS) is 11.6. The van der Waals surface area contributed by atoms with Crippen LogP contribution < -0.4 is 0 Å². The maximum Gasteiger partial charge on any atom is 0.175 e. The SMILES string of the molecule is Cc1ccc(-c2ccc(S(C)(=O)=O)cc2)n1-c1ccc(-c2nccs2)cc1. The molecule has 0 aliphatic rings. The summed E-state index contributed by atoms with van der Waals surface area (Å²) in [4.78, 5) is 4.68. The van der Waals surface area contributed by atoms with Crippen molar-refractivity contribution in [2.24, 2.45) is 0 Å². The van der Waals surface area contributed by atoms with Gasteiger partial charge < -0.3 is 4.57 Å². The van der Waals surface area contributed by atoms with E-state index in [1.807, 2.05) is 23.7 Å². The second-order valence-corrected chi connectivity index (χ2v) is 9.29. The zero-order valence-corrected chi connectivity index (χ0v) is 16.6. The number of hydrogen-bond acceptors (Lipinski definition) is 4. The van der Waals surface area contributed by atoms with Crippen molar-refractivity contribution in [2.45, 2.75) is 11.8 Å². The molecule has 0 unspecified atom stereocenters. The van der Waals surface area contributed by atoms with Crippen molar-refractivity contribution < 1.29 is 8.42 Å². The molecule has 6 heteroatoms. The van der Waals surface area contributed by atoms with Crippen LogP contribution in [0.25, 0.3) is 27.5 Å². The lowest BCUT2D eigenvalue weighted by atomic mass is 10.1. The third-order valence-corrected chi connectivity index (χ3v) is 6.41. The molecule has 0 aliphatic carbocycles. The number of benzene rings is 2. The highest BCUT2D eigenvalue weighted by atomic mass is 32.2. The van der Waals surface area contributed by atoms with Crippen LogP contribution in [0.15, 0.2) is 77.1 Å². The lowest BCUT2D eigenvalue weighted by Crippen LogP contribution is -2.00. The maximum absolute atomic E-state index is 11.7. The summed E-state index contributed by atoms with van der Waals surface area (Å²) in [5.74, 6) is 0. The zero-order valence-electron chi connectivity index (χ0n) is 15.0. The minimum atomic E-state index is -3.20. The van der Waals surface area contributed by atoms with Gasteiger partial charge in [-0.15, -0.1) is 11.3 Å². The van der Waals surface area contributed by atoms with Crippen LogP contribution in [-0.2, 0) is 9.84 Å². The fraction of sp³-hybridized carbons (Fsp3) is 0.0952. The molecule has 0 atom stereocenters. The van der Waals surface area contributed by atoms with E-state index in [9.17, 15) is 8.42 Å². The predicted molar refractivity (Wildman–Crippen MR) is 110 cm³/mol. The van der Waals surface area contributed by atoms with Gasteiger partial charge in [0.05, 0.1) is 10.6 Å². The Kier molecular flexibility index (Phi) is 4.45. The monoisotopic (exact) mass is 394 g/mol. The van der Waals surface area contributed by atoms with E-state index in [-0.39, 0.29) is 0 Å². The van der Waals surface area contributed by atoms with E-state index < -0.39 is 9.84 Å². The van der Waals surface area contributed by atoms with E-state index in [4.69, 9.17) is 0 Å². The van der Waals surface area contributed by atoms with Crippen LogP contribution >= 0.6 is 11.3 Å². The van der Waals surface area contributed by atoms with Crippen molar-refractivity contribution in [3.63, 3.8) is 0 Å². The van der Waals surface area contributed by atoms with Crippen LogP contribution in [0.1, 0.15) is 5.69 Å². The van der Waals surface area contributed by atoms with Crippen molar-refractivity contribution in [3.8, 4) is 27.5 Å². The van der Waals surface area contributed by atoms with Gasteiger partial charge >= 0.3 is 0 Å². The highest BCUT2D eigenvalue weighted by Crippen LogP contribution is 2.29. The molecule has 0 saturated carbocycles. The van der Waals surface area contributed by atoms with Crippen molar-refractivity contribution in [2.75, 3.05) is 6.26 Å². The second-order valence-electron chi connectivity index (χ2n) is 6.38. The van der Waals surface area contributed by atoms with Gasteiger partial charge in [-0.05, 0) is 61.0 Å². The van der Waals surface area contributed by atoms with E-state index >= 15 is 0 Å². The molecule has 2 aromatic heterocycles. The summed E-state index contributed by atoms with van der Waals surface area (Å²) in [5.41, 5.74) is 5.26. The minimum Gasteiger partial charge on any atom is -0.314 e. The molecule has 0 N–H and O–H groups in total. The van der Waals surface area contributed by atoms with Crippen molar-refractivity contribution in [1.82, 2.24) is 9.55 Å². The molecule has 0 bridgehead atoms. The molecular formula is C21H18N2O2S2. The van der Waals surface area contributed by atoms with Crippen molar-refractivity contribution in [1.29, 1.82) is 0 Å². The standard InChI is InChI=1S/C21H18N2O2S2/c1-15-3-12-20(16-6-10-19(11-7-16)27(2,24)25)23(15)18-8-4-17(5-9-18)21-22-13-14-26-21/h3-14H,1-2H3. The number of rotatable bonds is 4. The fourth-order valence-electron chi connectivity index (χ4n) is 3.10. The number of aromatic nitrogens is 2. The quantitative estimate of drug-likeness (QED) is 0.490. The number of sulfone groups is 1. The summed E-state index contributed by atoms with van der Waals surface area (Å²) in [6.07, 6.45) is 3.03. The Morgan fingerprint density at radius 3 is 2.15 bits per heavy atom. The molecule has 27 heavy (non-hydrogen) atoms. The molecule has 0 radical (unpaired) electrons. The molecule has 0 amide bonds. The summed E-state index contributed by atoms with van der Waals surface area (Å²) < 4.78 is 25.6. The molecule has 0 spiro atoms. The van der Waals surface area contributed by atoms with Crippen molar-refractivity contribution in [3.05, 3.63) is 77.9 Å². The molecular weight excluding hydrogens is 376 g/mol. The summed E-state index contributed by atoms with van der Waals surface area (Å²) >= 11 is 1.62. The summed E-state index contributed by atoms with van der Waals surface area (Å²) in [6, 6.07) is 19.4. The Bertz CT molecular complexity index is 1170. The Hall–Kier alpha value is -2.70. The first-order chi connectivity index (χ1) is 12.9. The van der Waals surface area contributed by atoms with Gasteiger partial charge in [-0.2, -0.15) is 0 Å². The van der Waals surface area contributed by atoms with E-state index in [1.165, 1.54) is 6.26 Å². The highest BCUT2D eigenvalue weighted by molar-refractivity contribution is 7.90. The molecule has 136 valence electrons. The Labute approximate surface area is 162 Å². The van der Waals surface area contributed by atoms with Gasteiger partial charge in [0, 0.05) is 34.8 Å². The molecule has 4 nitrogen and oxygen atoms in total. The van der Waals surface area contributed by atoms with Gasteiger partial charge in [-0.25, -0.2) is 13.4 Å². The third kappa shape index (κ3) is 3.46. The number of hydrogen-bond donors (Lipinski definition) is 0. The zero-order chi connectivity index (χ0) is 19.0. The maximum atomic E-state index is 11.7. The van der Waals surface area contributed by atoms with Gasteiger partial charge in [0.2, 0.25) is 0 Å². The summed E-state index contributed by atoms with van der Waals surface area (Å²) in [7, 11) is -3.20. The van der Waals surface area contributed by atoms with Gasteiger partial charge in [0.1, 0.15) is 5.01 Å². The van der Waals surface area contributed by atoms with Crippen LogP contribution in [0.4, 0.5) is 0 Å². The fourth-order valence-corrected chi connectivity index (χ4v) is 4.37. The van der Waals surface area contributed by atoms with Crippen LogP contribution in [0.2, 0.25) is 0 Å². The van der Waals surface area contributed by atoms with Crippen LogP contribution in [0.5, 0.6) is 0 Å². The van der Waals surface area contributed by atoms with Gasteiger partial charge in [0.15, 0.2) is 9.84 Å². The first-order valence-corrected chi connectivity index (χ1v) is 11.2. The predicted octanol–water partition coefficient (Wildman–Crippen LogP) is 4.98. The topological polar surface area (TPSA) is 52.0 Å². The molecule has 0 fully saturated rings. The van der Waals surface area contributed by atoms with Crippen LogP contribution in [0.3, 0.4) is 0 Å². The average Bonchev–Trinajstić information content (AvgIpc) is 3.31. The molecule has 4 aromatic rings. The second kappa shape index (κ2) is 6.79. The molecule has 4 rings (SSSR count). The van der Waals surface area contributed by atoms with E-state index in [0.717, 1.165) is 33.2 Å². The molecule has 0 saturated heterocycles. The first-order valence-electron chi connectivity index (χ1n) is 8.42. The van der Waals surface area contributed by atoms with E-state index in [0.29, 0.717) is 4.90 Å². The molecule has 0 aliphatic heterocycles. The van der Waals surface area contributed by atoms with E-state index in [1.54, 1.807) is 23.5 Å². The lowest BCUT2D eigenvalue weighted by Gasteiger charge is -2.13. The van der Waals surface area contributed by atoms with Gasteiger partial charge in [-0.3, -0.25) is 0 Å². The van der Waals surface area contributed by atoms with Gasteiger partial charge in [-0.1, -0.05) is 12.1 Å². The highest BCUT2D eigenvalue weighted by Gasteiger charge is 2.12. The third-order valence-electron chi connectivity index (χ3n) is 4.46. The smallest absolute Gasteiger partial charge is 0.175 e. The van der Waals surface area contributed by atoms with Crippen LogP contribution in [0, 0.1) is 6.92 Å². The van der Waals surface area contributed by atoms with Crippen molar-refractivity contribution >= 4 is 21.2 Å². The van der Waals surface area contributed by atoms with Crippen LogP contribution in [-0.4, -0.2) is 24.2 Å². The Morgan fingerprint density at radius 1 is 0.889 bits per heavy atom. The van der Waals surface area contributed by atoms with E-state index in [2.05, 4.69) is 52.9 Å². The number of thiazole rings is 1. The number of aryl methyl sites for hydroxylation is 1. The average molecular weight is 395 g/mol. The first kappa shape index (κ1) is 17.7. The largest absolute Gasteiger partial charge is 0.314 e. The molecule has 2 aromatic carbocycles. The lowest BCUT2D eigenvalue weighted by molar-refractivity contribution is 0.602. The summed E-state index contributed by atoms with van der Waals surface area (Å²) in [5, 5.41) is 2.97. The number of nitrogens with zero attached hydrogens (tertiary/aromatic N) is 2. The Morgan fingerprint density at radius 2 is 1.56 bits per heavy atom. The minimum absolute atomic E-state index is 0.328. The van der Waals surface area contributed by atoms with Gasteiger partial charge in [0.25, 0.3) is 0 Å². The Balaban J connectivity index is 1.74. The summed E-state index contributed by atoms with van der Waals surface area (Å²) in [6.45, 7) is 2.06.